The van der Waals surface area contributed by atoms with Crippen LogP contribution in [0, 0.1) is 16.0 Å². The van der Waals surface area contributed by atoms with Gasteiger partial charge in [-0.1, -0.05) is 12.1 Å². The molecular weight excluding hydrogens is 272 g/mol. The van der Waals surface area contributed by atoms with Crippen LogP contribution in [0.2, 0.25) is 0 Å². The van der Waals surface area contributed by atoms with Gasteiger partial charge in [-0.2, -0.15) is 0 Å². The van der Waals surface area contributed by atoms with E-state index in [4.69, 9.17) is 0 Å². The minimum Gasteiger partial charge on any atom is -0.396 e. The van der Waals surface area contributed by atoms with E-state index in [0.717, 1.165) is 24.9 Å². The average molecular weight is 292 g/mol. The number of likely N-dealkylation sites (tertiary alicyclic amines) is 1. The normalized spacial score (nSPS) is 18.5. The number of carbonyl (C=O) groups excluding carboxylic acids is 1. The maximum atomic E-state index is 12.2. The smallest absolute Gasteiger partial charge is 0.269 e. The number of aryl methyl sites for hydroxylation is 1. The van der Waals surface area contributed by atoms with Crippen LogP contribution in [-0.2, 0) is 11.2 Å². The lowest BCUT2D eigenvalue weighted by atomic mass is 9.98. The zero-order valence-electron chi connectivity index (χ0n) is 11.9. The van der Waals surface area contributed by atoms with Crippen molar-refractivity contribution in [1.82, 2.24) is 4.90 Å². The standard InChI is InChI=1S/C15H20N2O4/c18-11-13-4-2-8-16(10-13)15(19)7-6-12-3-1-5-14(9-12)17(20)21/h1,3,5,9,13,18H,2,4,6-8,10-11H2. The molecule has 1 aliphatic rings. The van der Waals surface area contributed by atoms with Crippen LogP contribution in [0.15, 0.2) is 24.3 Å². The number of nitro groups is 1. The molecule has 0 radical (unpaired) electrons. The summed E-state index contributed by atoms with van der Waals surface area (Å²) in [6.07, 6.45) is 2.74. The molecule has 114 valence electrons. The van der Waals surface area contributed by atoms with E-state index in [2.05, 4.69) is 0 Å². The summed E-state index contributed by atoms with van der Waals surface area (Å²) in [7, 11) is 0. The SMILES string of the molecule is O=C(CCc1cccc([N+](=O)[O-])c1)N1CCCC(CO)C1. The van der Waals surface area contributed by atoms with Crippen molar-refractivity contribution in [2.24, 2.45) is 5.92 Å². The average Bonchev–Trinajstić information content (AvgIpc) is 2.53. The summed E-state index contributed by atoms with van der Waals surface area (Å²) in [6, 6.07) is 6.40. The number of non-ortho nitro benzene ring substituents is 1. The van der Waals surface area contributed by atoms with Gasteiger partial charge in [0, 0.05) is 38.2 Å². The minimum atomic E-state index is -0.429. The lowest BCUT2D eigenvalue weighted by Gasteiger charge is -2.32. The third-order valence-corrected chi connectivity index (χ3v) is 3.88. The molecule has 1 saturated heterocycles. The second kappa shape index (κ2) is 7.17. The molecule has 1 unspecified atom stereocenters. The third kappa shape index (κ3) is 4.26. The lowest BCUT2D eigenvalue weighted by molar-refractivity contribution is -0.384. The highest BCUT2D eigenvalue weighted by molar-refractivity contribution is 5.76. The monoisotopic (exact) mass is 292 g/mol. The van der Waals surface area contributed by atoms with E-state index < -0.39 is 4.92 Å². The van der Waals surface area contributed by atoms with Crippen LogP contribution >= 0.6 is 0 Å². The molecule has 1 N–H and O–H groups in total. The van der Waals surface area contributed by atoms with Gasteiger partial charge in [0.2, 0.25) is 5.91 Å². The molecule has 0 aromatic heterocycles. The molecule has 6 heteroatoms. The Morgan fingerprint density at radius 1 is 1.48 bits per heavy atom. The molecule has 0 bridgehead atoms. The van der Waals surface area contributed by atoms with E-state index in [1.54, 1.807) is 17.0 Å². The number of piperidine rings is 1. The van der Waals surface area contributed by atoms with Gasteiger partial charge in [-0.3, -0.25) is 14.9 Å². The van der Waals surface area contributed by atoms with Gasteiger partial charge in [-0.05, 0) is 30.7 Å². The summed E-state index contributed by atoms with van der Waals surface area (Å²) < 4.78 is 0. The van der Waals surface area contributed by atoms with Crippen molar-refractivity contribution in [3.63, 3.8) is 0 Å². The maximum absolute atomic E-state index is 12.2. The van der Waals surface area contributed by atoms with E-state index in [0.29, 0.717) is 19.4 Å². The zero-order chi connectivity index (χ0) is 15.2. The van der Waals surface area contributed by atoms with Crippen LogP contribution in [0.25, 0.3) is 0 Å². The largest absolute Gasteiger partial charge is 0.396 e. The Kier molecular flexibility index (Phi) is 5.27. The number of benzene rings is 1. The molecule has 2 rings (SSSR count). The number of hydrogen-bond donors (Lipinski definition) is 1. The number of hydrogen-bond acceptors (Lipinski definition) is 4. The number of amides is 1. The van der Waals surface area contributed by atoms with Gasteiger partial charge in [0.05, 0.1) is 4.92 Å². The fraction of sp³-hybridized carbons (Fsp3) is 0.533. The van der Waals surface area contributed by atoms with Gasteiger partial charge >= 0.3 is 0 Å². The van der Waals surface area contributed by atoms with Crippen LogP contribution in [0.5, 0.6) is 0 Å². The van der Waals surface area contributed by atoms with Gasteiger partial charge in [0.25, 0.3) is 5.69 Å². The summed E-state index contributed by atoms with van der Waals surface area (Å²) in [4.78, 5) is 24.2. The van der Waals surface area contributed by atoms with E-state index >= 15 is 0 Å². The van der Waals surface area contributed by atoms with Gasteiger partial charge in [-0.25, -0.2) is 0 Å². The summed E-state index contributed by atoms with van der Waals surface area (Å²) in [6.45, 7) is 1.48. The molecule has 0 aliphatic carbocycles. The molecule has 1 aliphatic heterocycles. The molecule has 1 heterocycles. The summed E-state index contributed by atoms with van der Waals surface area (Å²) >= 11 is 0. The Labute approximate surface area is 123 Å². The molecule has 1 fully saturated rings. The number of nitro benzene ring substituents is 1. The first-order valence-corrected chi connectivity index (χ1v) is 7.22. The number of aliphatic hydroxyl groups excluding tert-OH is 1. The van der Waals surface area contributed by atoms with E-state index in [-0.39, 0.29) is 24.1 Å². The van der Waals surface area contributed by atoms with Gasteiger partial charge in [-0.15, -0.1) is 0 Å². The van der Waals surface area contributed by atoms with Gasteiger partial charge in [0.1, 0.15) is 0 Å². The summed E-state index contributed by atoms with van der Waals surface area (Å²) in [5, 5.41) is 19.9. The van der Waals surface area contributed by atoms with E-state index in [1.807, 2.05) is 0 Å². The van der Waals surface area contributed by atoms with Crippen LogP contribution in [-0.4, -0.2) is 40.5 Å². The van der Waals surface area contributed by atoms with Crippen LogP contribution in [0.4, 0.5) is 5.69 Å². The Hall–Kier alpha value is -1.95. The van der Waals surface area contributed by atoms with Gasteiger partial charge in [0.15, 0.2) is 0 Å². The van der Waals surface area contributed by atoms with E-state index in [9.17, 15) is 20.0 Å². The molecule has 6 nitrogen and oxygen atoms in total. The van der Waals surface area contributed by atoms with Crippen molar-refractivity contribution in [2.75, 3.05) is 19.7 Å². The molecular formula is C15H20N2O4. The first-order chi connectivity index (χ1) is 10.1. The van der Waals surface area contributed by atoms with Gasteiger partial charge < -0.3 is 10.0 Å². The molecule has 0 spiro atoms. The van der Waals surface area contributed by atoms with Crippen molar-refractivity contribution >= 4 is 11.6 Å². The Morgan fingerprint density at radius 2 is 2.29 bits per heavy atom. The highest BCUT2D eigenvalue weighted by Crippen LogP contribution is 2.18. The molecule has 0 saturated carbocycles. The topological polar surface area (TPSA) is 83.7 Å². The number of nitrogens with zero attached hydrogens (tertiary/aromatic N) is 2. The highest BCUT2D eigenvalue weighted by atomic mass is 16.6. The third-order valence-electron chi connectivity index (χ3n) is 3.88. The molecule has 1 atom stereocenters. The quantitative estimate of drug-likeness (QED) is 0.662. The van der Waals surface area contributed by atoms with Crippen molar-refractivity contribution in [1.29, 1.82) is 0 Å². The zero-order valence-corrected chi connectivity index (χ0v) is 11.9. The number of aliphatic hydroxyl groups is 1. The highest BCUT2D eigenvalue weighted by Gasteiger charge is 2.22. The first kappa shape index (κ1) is 15.4. The maximum Gasteiger partial charge on any atom is 0.269 e. The Balaban J connectivity index is 1.89. The van der Waals surface area contributed by atoms with Crippen molar-refractivity contribution in [3.05, 3.63) is 39.9 Å². The predicted molar refractivity (Wildman–Crippen MR) is 77.8 cm³/mol. The summed E-state index contributed by atoms with van der Waals surface area (Å²) in [5.74, 6) is 0.236. The van der Waals surface area contributed by atoms with Crippen LogP contribution < -0.4 is 0 Å². The Bertz CT molecular complexity index is 518. The lowest BCUT2D eigenvalue weighted by Crippen LogP contribution is -2.41. The number of carbonyl (C=O) groups is 1. The second-order valence-corrected chi connectivity index (χ2v) is 5.46. The molecule has 1 aromatic carbocycles. The molecule has 1 amide bonds. The van der Waals surface area contributed by atoms with Crippen molar-refractivity contribution < 1.29 is 14.8 Å². The Morgan fingerprint density at radius 3 is 3.00 bits per heavy atom. The van der Waals surface area contributed by atoms with Crippen LogP contribution in [0.3, 0.4) is 0 Å². The van der Waals surface area contributed by atoms with Crippen molar-refractivity contribution in [2.45, 2.75) is 25.7 Å². The minimum absolute atomic E-state index is 0.0540. The number of rotatable bonds is 5. The second-order valence-electron chi connectivity index (χ2n) is 5.46. The first-order valence-electron chi connectivity index (χ1n) is 7.22. The fourth-order valence-electron chi connectivity index (χ4n) is 2.68. The fourth-order valence-corrected chi connectivity index (χ4v) is 2.68. The van der Waals surface area contributed by atoms with Crippen molar-refractivity contribution in [3.8, 4) is 0 Å². The summed E-state index contributed by atoms with van der Waals surface area (Å²) in [5.41, 5.74) is 0.853. The molecule has 1 aromatic rings. The predicted octanol–water partition coefficient (Wildman–Crippen LogP) is 1.76. The van der Waals surface area contributed by atoms with E-state index in [1.165, 1.54) is 12.1 Å². The molecule has 21 heavy (non-hydrogen) atoms. The van der Waals surface area contributed by atoms with Crippen LogP contribution in [0.1, 0.15) is 24.8 Å².